The second-order valence-corrected chi connectivity index (χ2v) is 5.51. The predicted octanol–water partition coefficient (Wildman–Crippen LogP) is 2.24. The molecule has 0 spiro atoms. The fourth-order valence-electron chi connectivity index (χ4n) is 2.76. The Labute approximate surface area is 143 Å². The first kappa shape index (κ1) is 15.1. The van der Waals surface area contributed by atoms with Crippen molar-refractivity contribution in [3.05, 3.63) is 71.0 Å². The number of nitrogens with zero attached hydrogens (tertiary/aromatic N) is 4. The van der Waals surface area contributed by atoms with E-state index >= 15 is 0 Å². The molecular weight excluding hydrogens is 318 g/mol. The quantitative estimate of drug-likeness (QED) is 0.619. The summed E-state index contributed by atoms with van der Waals surface area (Å²) in [6.07, 6.45) is 4.93. The monoisotopic (exact) mass is 333 g/mol. The molecule has 25 heavy (non-hydrogen) atoms. The predicted molar refractivity (Wildman–Crippen MR) is 93.5 cm³/mol. The van der Waals surface area contributed by atoms with E-state index in [1.54, 1.807) is 36.5 Å². The van der Waals surface area contributed by atoms with Gasteiger partial charge in [0.15, 0.2) is 11.2 Å². The number of imidazole rings is 1. The number of nitrogens with one attached hydrogen (secondary N) is 1. The molecule has 7 heteroatoms. The van der Waals surface area contributed by atoms with E-state index in [2.05, 4.69) is 19.9 Å². The molecule has 0 bridgehead atoms. The fourth-order valence-corrected chi connectivity index (χ4v) is 2.76. The first-order valence-corrected chi connectivity index (χ1v) is 7.73. The number of rotatable bonds is 4. The maximum absolute atomic E-state index is 12.6. The summed E-state index contributed by atoms with van der Waals surface area (Å²) in [6.45, 7) is 0.470. The van der Waals surface area contributed by atoms with Crippen LogP contribution in [0.2, 0.25) is 0 Å². The molecule has 0 saturated heterocycles. The number of aromatic amines is 1. The van der Waals surface area contributed by atoms with Crippen LogP contribution in [-0.4, -0.2) is 31.6 Å². The van der Waals surface area contributed by atoms with Crippen molar-refractivity contribution in [2.24, 2.45) is 0 Å². The largest absolute Gasteiger partial charge is 0.496 e. The SMILES string of the molecule is COc1ccccc1Cn1cnc2nc(-c3cccnc3)[nH]c(=O)c21. The van der Waals surface area contributed by atoms with E-state index < -0.39 is 0 Å². The highest BCUT2D eigenvalue weighted by Gasteiger charge is 2.13. The van der Waals surface area contributed by atoms with Crippen LogP contribution in [-0.2, 0) is 6.54 Å². The summed E-state index contributed by atoms with van der Waals surface area (Å²) in [5.74, 6) is 1.22. The molecule has 7 nitrogen and oxygen atoms in total. The average Bonchev–Trinajstić information content (AvgIpc) is 3.06. The van der Waals surface area contributed by atoms with Crippen LogP contribution in [0.15, 0.2) is 59.9 Å². The second kappa shape index (κ2) is 6.20. The van der Waals surface area contributed by atoms with Crippen molar-refractivity contribution in [3.8, 4) is 17.1 Å². The highest BCUT2D eigenvalue weighted by molar-refractivity contribution is 5.72. The summed E-state index contributed by atoms with van der Waals surface area (Å²) in [5, 5.41) is 0. The maximum Gasteiger partial charge on any atom is 0.277 e. The number of hydrogen-bond donors (Lipinski definition) is 1. The van der Waals surface area contributed by atoms with Gasteiger partial charge in [0.1, 0.15) is 11.6 Å². The Kier molecular flexibility index (Phi) is 3.74. The van der Waals surface area contributed by atoms with Gasteiger partial charge < -0.3 is 14.3 Å². The molecule has 1 aromatic carbocycles. The van der Waals surface area contributed by atoms with E-state index in [1.165, 1.54) is 0 Å². The smallest absolute Gasteiger partial charge is 0.277 e. The van der Waals surface area contributed by atoms with Gasteiger partial charge in [0, 0.05) is 23.5 Å². The van der Waals surface area contributed by atoms with E-state index in [9.17, 15) is 4.79 Å². The highest BCUT2D eigenvalue weighted by atomic mass is 16.5. The summed E-state index contributed by atoms with van der Waals surface area (Å²) in [6, 6.07) is 11.3. The van der Waals surface area contributed by atoms with Crippen molar-refractivity contribution in [1.29, 1.82) is 0 Å². The molecule has 3 heterocycles. The number of benzene rings is 1. The molecule has 1 N–H and O–H groups in total. The molecule has 0 fully saturated rings. The van der Waals surface area contributed by atoms with Crippen LogP contribution < -0.4 is 10.3 Å². The Hall–Kier alpha value is -3.48. The standard InChI is InChI=1S/C18H15N5O2/c1-25-14-7-3-2-5-13(14)10-23-11-20-17-15(23)18(24)22-16(21-17)12-6-4-8-19-9-12/h2-9,11H,10H2,1H3,(H,21,22,24). The number of H-pyrrole nitrogens is 1. The molecule has 0 aliphatic heterocycles. The van der Waals surface area contributed by atoms with Gasteiger partial charge in [0.2, 0.25) is 0 Å². The van der Waals surface area contributed by atoms with Crippen LogP contribution in [0.5, 0.6) is 5.75 Å². The lowest BCUT2D eigenvalue weighted by atomic mass is 10.2. The van der Waals surface area contributed by atoms with Crippen molar-refractivity contribution in [1.82, 2.24) is 24.5 Å². The van der Waals surface area contributed by atoms with E-state index in [-0.39, 0.29) is 5.56 Å². The van der Waals surface area contributed by atoms with Crippen molar-refractivity contribution in [3.63, 3.8) is 0 Å². The van der Waals surface area contributed by atoms with Gasteiger partial charge in [-0.3, -0.25) is 9.78 Å². The van der Waals surface area contributed by atoms with Gasteiger partial charge in [-0.15, -0.1) is 0 Å². The molecular formula is C18H15N5O2. The molecule has 4 aromatic rings. The highest BCUT2D eigenvalue weighted by Crippen LogP contribution is 2.20. The maximum atomic E-state index is 12.6. The lowest BCUT2D eigenvalue weighted by Gasteiger charge is -2.09. The Morgan fingerprint density at radius 2 is 2.08 bits per heavy atom. The zero-order valence-corrected chi connectivity index (χ0v) is 13.5. The summed E-state index contributed by atoms with van der Waals surface area (Å²) in [4.78, 5) is 28.2. The number of methoxy groups -OCH3 is 1. The average molecular weight is 333 g/mol. The molecule has 0 aliphatic rings. The summed E-state index contributed by atoms with van der Waals surface area (Å²) in [7, 11) is 1.62. The molecule has 0 atom stereocenters. The van der Waals surface area contributed by atoms with Crippen LogP contribution in [0.3, 0.4) is 0 Å². The second-order valence-electron chi connectivity index (χ2n) is 5.51. The molecule has 124 valence electrons. The zero-order chi connectivity index (χ0) is 17.2. The van der Waals surface area contributed by atoms with Gasteiger partial charge in [0.05, 0.1) is 20.0 Å². The van der Waals surface area contributed by atoms with E-state index in [0.717, 1.165) is 16.9 Å². The van der Waals surface area contributed by atoms with Crippen LogP contribution in [0.25, 0.3) is 22.6 Å². The van der Waals surface area contributed by atoms with Gasteiger partial charge in [-0.2, -0.15) is 0 Å². The molecule has 0 unspecified atom stereocenters. The Morgan fingerprint density at radius 1 is 1.20 bits per heavy atom. The third kappa shape index (κ3) is 2.76. The number of aromatic nitrogens is 5. The van der Waals surface area contributed by atoms with E-state index in [1.807, 2.05) is 30.3 Å². The van der Waals surface area contributed by atoms with Crippen molar-refractivity contribution in [2.45, 2.75) is 6.54 Å². The first-order valence-electron chi connectivity index (χ1n) is 7.73. The van der Waals surface area contributed by atoms with Crippen molar-refractivity contribution in [2.75, 3.05) is 7.11 Å². The van der Waals surface area contributed by atoms with Crippen LogP contribution >= 0.6 is 0 Å². The molecule has 0 radical (unpaired) electrons. The van der Waals surface area contributed by atoms with Crippen LogP contribution in [0, 0.1) is 0 Å². The topological polar surface area (TPSA) is 85.7 Å². The third-order valence-electron chi connectivity index (χ3n) is 3.95. The van der Waals surface area contributed by atoms with Gasteiger partial charge in [0.25, 0.3) is 5.56 Å². The third-order valence-corrected chi connectivity index (χ3v) is 3.95. The first-order chi connectivity index (χ1) is 12.3. The summed E-state index contributed by atoms with van der Waals surface area (Å²) in [5.41, 5.74) is 2.29. The van der Waals surface area contributed by atoms with Gasteiger partial charge in [-0.25, -0.2) is 9.97 Å². The zero-order valence-electron chi connectivity index (χ0n) is 13.5. The number of ether oxygens (including phenoxy) is 1. The normalized spacial score (nSPS) is 10.9. The molecule has 0 saturated carbocycles. The summed E-state index contributed by atoms with van der Waals surface area (Å²) >= 11 is 0. The number of hydrogen-bond acceptors (Lipinski definition) is 5. The number of para-hydroxylation sites is 1. The van der Waals surface area contributed by atoms with Gasteiger partial charge in [-0.1, -0.05) is 18.2 Å². The lowest BCUT2D eigenvalue weighted by molar-refractivity contribution is 0.408. The Bertz CT molecular complexity index is 1090. The molecule has 0 amide bonds. The van der Waals surface area contributed by atoms with Crippen LogP contribution in [0.4, 0.5) is 0 Å². The Morgan fingerprint density at radius 3 is 2.88 bits per heavy atom. The van der Waals surface area contributed by atoms with Crippen LogP contribution in [0.1, 0.15) is 5.56 Å². The van der Waals surface area contributed by atoms with E-state index in [4.69, 9.17) is 4.74 Å². The minimum absolute atomic E-state index is 0.240. The van der Waals surface area contributed by atoms with Gasteiger partial charge >= 0.3 is 0 Å². The Balaban J connectivity index is 1.79. The van der Waals surface area contributed by atoms with Crippen molar-refractivity contribution >= 4 is 11.2 Å². The minimum atomic E-state index is -0.240. The molecule has 3 aromatic heterocycles. The van der Waals surface area contributed by atoms with E-state index in [0.29, 0.717) is 23.5 Å². The minimum Gasteiger partial charge on any atom is -0.496 e. The lowest BCUT2D eigenvalue weighted by Crippen LogP contribution is -2.14. The fraction of sp³-hybridized carbons (Fsp3) is 0.111. The summed E-state index contributed by atoms with van der Waals surface area (Å²) < 4.78 is 7.14. The van der Waals surface area contributed by atoms with Crippen molar-refractivity contribution < 1.29 is 4.74 Å². The molecule has 4 rings (SSSR count). The van der Waals surface area contributed by atoms with Gasteiger partial charge in [-0.05, 0) is 18.2 Å². The number of fused-ring (bicyclic) bond motifs is 1. The molecule has 0 aliphatic carbocycles. The number of pyridine rings is 1.